The molecule has 0 radical (unpaired) electrons. The molecular formula is C23H24N4O3. The van der Waals surface area contributed by atoms with Crippen molar-refractivity contribution in [1.82, 2.24) is 19.7 Å². The van der Waals surface area contributed by atoms with Crippen LogP contribution in [0.15, 0.2) is 59.7 Å². The number of oxazole rings is 1. The van der Waals surface area contributed by atoms with Gasteiger partial charge in [0.1, 0.15) is 17.6 Å². The fourth-order valence-corrected chi connectivity index (χ4v) is 3.55. The number of carbonyl (C=O) groups is 1. The average Bonchev–Trinajstić information content (AvgIpc) is 3.38. The van der Waals surface area contributed by atoms with E-state index in [-0.39, 0.29) is 5.91 Å². The lowest BCUT2D eigenvalue weighted by atomic mass is 9.92. The number of hydrogen-bond donors (Lipinski definition) is 1. The Labute approximate surface area is 174 Å². The van der Waals surface area contributed by atoms with Crippen molar-refractivity contribution >= 4 is 11.6 Å². The van der Waals surface area contributed by atoms with Gasteiger partial charge in [0.2, 0.25) is 0 Å². The summed E-state index contributed by atoms with van der Waals surface area (Å²) in [6, 6.07) is 11.7. The number of aromatic nitrogens is 3. The highest BCUT2D eigenvalue weighted by Gasteiger charge is 2.25. The molecule has 30 heavy (non-hydrogen) atoms. The maximum Gasteiger partial charge on any atom is 0.255 e. The first-order chi connectivity index (χ1) is 14.4. The van der Waals surface area contributed by atoms with Crippen molar-refractivity contribution in [3.63, 3.8) is 0 Å². The van der Waals surface area contributed by atoms with E-state index in [1.165, 1.54) is 6.39 Å². The van der Waals surface area contributed by atoms with Crippen molar-refractivity contribution in [2.75, 3.05) is 7.11 Å². The number of nitrogens with one attached hydrogen (secondary N) is 1. The quantitative estimate of drug-likeness (QED) is 0.523. The van der Waals surface area contributed by atoms with Gasteiger partial charge in [0.25, 0.3) is 5.91 Å². The van der Waals surface area contributed by atoms with Crippen LogP contribution in [0.1, 0.15) is 41.2 Å². The van der Waals surface area contributed by atoms with Gasteiger partial charge in [-0.05, 0) is 38.5 Å². The monoisotopic (exact) mass is 404 g/mol. The van der Waals surface area contributed by atoms with Gasteiger partial charge in [-0.1, -0.05) is 24.3 Å². The van der Waals surface area contributed by atoms with Crippen LogP contribution in [-0.2, 0) is 16.9 Å². The zero-order valence-electron chi connectivity index (χ0n) is 17.5. The van der Waals surface area contributed by atoms with E-state index in [2.05, 4.69) is 15.3 Å². The molecule has 1 aromatic carbocycles. The predicted molar refractivity (Wildman–Crippen MR) is 113 cm³/mol. The van der Waals surface area contributed by atoms with Gasteiger partial charge in [-0.3, -0.25) is 4.79 Å². The standard InChI is InChI=1S/C23H24N4O3/c1-15-11-18(12-29-4)27-10-9-19(21(27)25-15)22(28)26-23(2,3)17-7-5-16(6-8-17)20-13-30-14-24-20/h5-11,13-14H,12H2,1-4H3,(H,26,28). The summed E-state index contributed by atoms with van der Waals surface area (Å²) in [4.78, 5) is 21.9. The minimum absolute atomic E-state index is 0.176. The molecule has 3 aromatic heterocycles. The lowest BCUT2D eigenvalue weighted by Gasteiger charge is -2.27. The van der Waals surface area contributed by atoms with E-state index in [1.54, 1.807) is 19.4 Å². The van der Waals surface area contributed by atoms with Crippen LogP contribution in [-0.4, -0.2) is 27.4 Å². The van der Waals surface area contributed by atoms with Gasteiger partial charge in [-0.2, -0.15) is 0 Å². The van der Waals surface area contributed by atoms with Crippen LogP contribution in [0.3, 0.4) is 0 Å². The number of carbonyl (C=O) groups excluding carboxylic acids is 1. The summed E-state index contributed by atoms with van der Waals surface area (Å²) < 4.78 is 12.2. The highest BCUT2D eigenvalue weighted by atomic mass is 16.5. The second-order valence-corrected chi connectivity index (χ2v) is 7.78. The summed E-state index contributed by atoms with van der Waals surface area (Å²) in [6.45, 7) is 6.31. The highest BCUT2D eigenvalue weighted by molar-refractivity contribution is 6.00. The van der Waals surface area contributed by atoms with Gasteiger partial charge in [0, 0.05) is 24.6 Å². The Hall–Kier alpha value is -3.45. The number of rotatable bonds is 6. The molecule has 154 valence electrons. The second-order valence-electron chi connectivity index (χ2n) is 7.78. The largest absolute Gasteiger partial charge is 0.451 e. The molecular weight excluding hydrogens is 380 g/mol. The number of methoxy groups -OCH3 is 1. The number of aryl methyl sites for hydroxylation is 1. The van der Waals surface area contributed by atoms with Crippen molar-refractivity contribution in [3.05, 3.63) is 77.8 Å². The van der Waals surface area contributed by atoms with Crippen LogP contribution in [0.25, 0.3) is 16.9 Å². The molecule has 3 heterocycles. The predicted octanol–water partition coefficient (Wildman–Crippen LogP) is 4.11. The Balaban J connectivity index is 1.60. The summed E-state index contributed by atoms with van der Waals surface area (Å²) in [5.74, 6) is -0.176. The van der Waals surface area contributed by atoms with E-state index in [0.29, 0.717) is 17.8 Å². The normalized spacial score (nSPS) is 11.7. The minimum atomic E-state index is -0.577. The van der Waals surface area contributed by atoms with Crippen molar-refractivity contribution in [2.24, 2.45) is 0 Å². The Kier molecular flexibility index (Phi) is 5.13. The molecule has 0 saturated heterocycles. The van der Waals surface area contributed by atoms with Crippen LogP contribution < -0.4 is 5.32 Å². The average molecular weight is 404 g/mol. The van der Waals surface area contributed by atoms with Crippen LogP contribution in [0.5, 0.6) is 0 Å². The van der Waals surface area contributed by atoms with Crippen molar-refractivity contribution in [1.29, 1.82) is 0 Å². The minimum Gasteiger partial charge on any atom is -0.451 e. The lowest BCUT2D eigenvalue weighted by Crippen LogP contribution is -2.41. The number of hydrogen-bond acceptors (Lipinski definition) is 5. The van der Waals surface area contributed by atoms with E-state index in [4.69, 9.17) is 9.15 Å². The van der Waals surface area contributed by atoms with E-state index in [0.717, 1.165) is 28.2 Å². The summed E-state index contributed by atoms with van der Waals surface area (Å²) in [7, 11) is 1.65. The van der Waals surface area contributed by atoms with Gasteiger partial charge >= 0.3 is 0 Å². The van der Waals surface area contributed by atoms with Crippen molar-refractivity contribution < 1.29 is 13.9 Å². The Bertz CT molecular complexity index is 1180. The Morgan fingerprint density at radius 1 is 1.23 bits per heavy atom. The number of amides is 1. The summed E-state index contributed by atoms with van der Waals surface area (Å²) in [5.41, 5.74) is 5.07. The van der Waals surface area contributed by atoms with Gasteiger partial charge in [-0.25, -0.2) is 9.97 Å². The molecule has 1 amide bonds. The third-order valence-corrected chi connectivity index (χ3v) is 5.12. The van der Waals surface area contributed by atoms with Gasteiger partial charge in [0.15, 0.2) is 6.39 Å². The van der Waals surface area contributed by atoms with Crippen LogP contribution in [0.4, 0.5) is 0 Å². The Morgan fingerprint density at radius 2 is 2.00 bits per heavy atom. The molecule has 0 aliphatic heterocycles. The molecule has 0 saturated carbocycles. The molecule has 0 atom stereocenters. The fraction of sp³-hybridized carbons (Fsp3) is 0.261. The number of benzene rings is 1. The summed E-state index contributed by atoms with van der Waals surface area (Å²) in [6.07, 6.45) is 4.86. The number of ether oxygens (including phenoxy) is 1. The molecule has 1 N–H and O–H groups in total. The maximum absolute atomic E-state index is 13.1. The van der Waals surface area contributed by atoms with E-state index >= 15 is 0 Å². The summed E-state index contributed by atoms with van der Waals surface area (Å²) >= 11 is 0. The molecule has 0 aliphatic carbocycles. The zero-order chi connectivity index (χ0) is 21.3. The van der Waals surface area contributed by atoms with Crippen molar-refractivity contribution in [2.45, 2.75) is 32.9 Å². The Morgan fingerprint density at radius 3 is 2.67 bits per heavy atom. The van der Waals surface area contributed by atoms with Crippen molar-refractivity contribution in [3.8, 4) is 11.3 Å². The number of fused-ring (bicyclic) bond motifs is 1. The van der Waals surface area contributed by atoms with Crippen LogP contribution in [0, 0.1) is 6.92 Å². The first-order valence-electron chi connectivity index (χ1n) is 9.67. The van der Waals surface area contributed by atoms with Gasteiger partial charge in [0.05, 0.1) is 23.4 Å². The molecule has 4 rings (SSSR count). The molecule has 0 bridgehead atoms. The topological polar surface area (TPSA) is 81.7 Å². The fourth-order valence-electron chi connectivity index (χ4n) is 3.55. The molecule has 0 fully saturated rings. The first-order valence-corrected chi connectivity index (χ1v) is 9.67. The third-order valence-electron chi connectivity index (χ3n) is 5.12. The lowest BCUT2D eigenvalue weighted by molar-refractivity contribution is 0.0913. The SMILES string of the molecule is COCc1cc(C)nc2c(C(=O)NC(C)(C)c3ccc(-c4cocn4)cc3)ccn12. The van der Waals surface area contributed by atoms with Crippen LogP contribution in [0.2, 0.25) is 0 Å². The van der Waals surface area contributed by atoms with Gasteiger partial charge < -0.3 is 18.9 Å². The zero-order valence-corrected chi connectivity index (χ0v) is 17.5. The molecule has 0 unspecified atom stereocenters. The molecule has 7 nitrogen and oxygen atoms in total. The highest BCUT2D eigenvalue weighted by Crippen LogP contribution is 2.25. The van der Waals surface area contributed by atoms with E-state index in [9.17, 15) is 4.79 Å². The van der Waals surface area contributed by atoms with E-state index < -0.39 is 5.54 Å². The molecule has 4 aromatic rings. The molecule has 7 heteroatoms. The molecule has 0 spiro atoms. The summed E-state index contributed by atoms with van der Waals surface area (Å²) in [5, 5.41) is 3.13. The number of nitrogens with zero attached hydrogens (tertiary/aromatic N) is 3. The molecule has 0 aliphatic rings. The van der Waals surface area contributed by atoms with Gasteiger partial charge in [-0.15, -0.1) is 0 Å². The maximum atomic E-state index is 13.1. The van der Waals surface area contributed by atoms with Crippen LogP contribution >= 0.6 is 0 Å². The van der Waals surface area contributed by atoms with E-state index in [1.807, 2.05) is 61.7 Å². The third kappa shape index (κ3) is 3.71. The second kappa shape index (κ2) is 7.76. The smallest absolute Gasteiger partial charge is 0.255 e. The first kappa shape index (κ1) is 19.8.